The fourth-order valence-electron chi connectivity index (χ4n) is 2.46. The van der Waals surface area contributed by atoms with Crippen LogP contribution in [0.3, 0.4) is 0 Å². The van der Waals surface area contributed by atoms with Gasteiger partial charge in [-0.2, -0.15) is 0 Å². The Bertz CT molecular complexity index is 642. The van der Waals surface area contributed by atoms with Crippen molar-refractivity contribution in [2.24, 2.45) is 0 Å². The van der Waals surface area contributed by atoms with Gasteiger partial charge in [0.25, 0.3) is 0 Å². The molecule has 0 fully saturated rings. The lowest BCUT2D eigenvalue weighted by Gasteiger charge is -2.16. The largest absolute Gasteiger partial charge is 0.497 e. The Kier molecular flexibility index (Phi) is 3.90. The van der Waals surface area contributed by atoms with Crippen LogP contribution in [0.4, 0.5) is 0 Å². The summed E-state index contributed by atoms with van der Waals surface area (Å²) in [6, 6.07) is 11.9. The quantitative estimate of drug-likeness (QED) is 0.740. The lowest BCUT2D eigenvalue weighted by molar-refractivity contribution is 0.354. The second-order valence-corrected chi connectivity index (χ2v) is 6.07. The van der Waals surface area contributed by atoms with Gasteiger partial charge in [0, 0.05) is 17.0 Å². The first-order valence-electron chi connectivity index (χ1n) is 6.42. The molecule has 0 amide bonds. The highest BCUT2D eigenvalue weighted by Gasteiger charge is 2.23. The van der Waals surface area contributed by atoms with Crippen LogP contribution >= 0.6 is 27.5 Å². The van der Waals surface area contributed by atoms with Crippen LogP contribution in [-0.2, 0) is 6.42 Å². The first-order chi connectivity index (χ1) is 9.69. The summed E-state index contributed by atoms with van der Waals surface area (Å²) in [5.74, 6) is 1.80. The molecule has 0 bridgehead atoms. The molecule has 0 aliphatic carbocycles. The van der Waals surface area contributed by atoms with E-state index in [-0.39, 0.29) is 4.83 Å². The normalized spacial score (nSPS) is 14.6. The molecule has 1 aliphatic rings. The van der Waals surface area contributed by atoms with Crippen LogP contribution in [0.15, 0.2) is 36.4 Å². The van der Waals surface area contributed by atoms with Crippen LogP contribution in [-0.4, -0.2) is 13.7 Å². The molecule has 0 spiro atoms. The first kappa shape index (κ1) is 13.8. The van der Waals surface area contributed by atoms with Gasteiger partial charge in [0.15, 0.2) is 0 Å². The maximum Gasteiger partial charge on any atom is 0.127 e. The maximum absolute atomic E-state index is 6.22. The molecule has 0 saturated carbocycles. The summed E-state index contributed by atoms with van der Waals surface area (Å²) in [6.07, 6.45) is 0.917. The first-order valence-corrected chi connectivity index (χ1v) is 7.71. The average Bonchev–Trinajstić information content (AvgIpc) is 2.93. The van der Waals surface area contributed by atoms with E-state index in [4.69, 9.17) is 21.1 Å². The lowest BCUT2D eigenvalue weighted by atomic mass is 10.0. The van der Waals surface area contributed by atoms with Crippen molar-refractivity contribution in [3.05, 3.63) is 58.1 Å². The predicted octanol–water partition coefficient (Wildman–Crippen LogP) is 4.77. The molecule has 1 heterocycles. The average molecular weight is 354 g/mol. The number of hydrogen-bond acceptors (Lipinski definition) is 2. The van der Waals surface area contributed by atoms with E-state index in [0.29, 0.717) is 0 Å². The maximum atomic E-state index is 6.22. The zero-order valence-corrected chi connectivity index (χ0v) is 13.4. The molecule has 2 nitrogen and oxygen atoms in total. The molecular weight excluding hydrogens is 340 g/mol. The Morgan fingerprint density at radius 2 is 2.15 bits per heavy atom. The van der Waals surface area contributed by atoms with Gasteiger partial charge in [0.2, 0.25) is 0 Å². The van der Waals surface area contributed by atoms with Gasteiger partial charge < -0.3 is 9.47 Å². The minimum Gasteiger partial charge on any atom is -0.497 e. The third kappa shape index (κ3) is 2.52. The van der Waals surface area contributed by atoms with Gasteiger partial charge in [-0.05, 0) is 35.4 Å². The fraction of sp³-hybridized carbons (Fsp3) is 0.250. The Labute approximate surface area is 131 Å². The van der Waals surface area contributed by atoms with E-state index < -0.39 is 0 Å². The molecule has 0 aromatic heterocycles. The third-order valence-electron chi connectivity index (χ3n) is 3.44. The number of rotatable bonds is 3. The molecule has 0 radical (unpaired) electrons. The van der Waals surface area contributed by atoms with Crippen molar-refractivity contribution in [2.45, 2.75) is 11.2 Å². The van der Waals surface area contributed by atoms with Crippen molar-refractivity contribution in [1.29, 1.82) is 0 Å². The number of fused-ring (bicyclic) bond motifs is 1. The molecule has 20 heavy (non-hydrogen) atoms. The Balaban J connectivity index is 2.04. The van der Waals surface area contributed by atoms with Crippen molar-refractivity contribution in [2.75, 3.05) is 13.7 Å². The second kappa shape index (κ2) is 5.66. The van der Waals surface area contributed by atoms with E-state index in [0.717, 1.165) is 40.7 Å². The molecule has 0 N–H and O–H groups in total. The summed E-state index contributed by atoms with van der Waals surface area (Å²) in [7, 11) is 1.67. The topological polar surface area (TPSA) is 18.5 Å². The highest BCUT2D eigenvalue weighted by molar-refractivity contribution is 9.09. The zero-order valence-electron chi connectivity index (χ0n) is 11.0. The molecule has 2 aromatic rings. The molecule has 2 aromatic carbocycles. The van der Waals surface area contributed by atoms with Gasteiger partial charge in [0.1, 0.15) is 11.5 Å². The summed E-state index contributed by atoms with van der Waals surface area (Å²) in [6.45, 7) is 0.723. The van der Waals surface area contributed by atoms with Crippen LogP contribution in [0.2, 0.25) is 5.02 Å². The number of alkyl halides is 1. The van der Waals surface area contributed by atoms with Crippen molar-refractivity contribution >= 4 is 27.5 Å². The molecule has 104 valence electrons. The SMILES string of the molecule is COc1cccc(C(Br)c2cc(Cl)cc3c2OCC3)c1. The van der Waals surface area contributed by atoms with Gasteiger partial charge in [-0.25, -0.2) is 0 Å². The number of halogens is 2. The van der Waals surface area contributed by atoms with Crippen LogP contribution in [0.1, 0.15) is 21.5 Å². The van der Waals surface area contributed by atoms with Gasteiger partial charge in [-0.15, -0.1) is 0 Å². The molecule has 4 heteroatoms. The minimum atomic E-state index is 0.0307. The van der Waals surface area contributed by atoms with Crippen molar-refractivity contribution in [3.63, 3.8) is 0 Å². The fourth-order valence-corrected chi connectivity index (χ4v) is 3.34. The number of methoxy groups -OCH3 is 1. The van der Waals surface area contributed by atoms with Crippen molar-refractivity contribution in [1.82, 2.24) is 0 Å². The zero-order chi connectivity index (χ0) is 14.1. The van der Waals surface area contributed by atoms with E-state index in [1.807, 2.05) is 30.3 Å². The van der Waals surface area contributed by atoms with E-state index in [1.165, 1.54) is 5.56 Å². The standard InChI is InChI=1S/C16H14BrClO2/c1-19-13-4-2-3-10(8-13)15(17)14-9-12(18)7-11-5-6-20-16(11)14/h2-4,7-9,15H,5-6H2,1H3. The Morgan fingerprint density at radius 3 is 2.95 bits per heavy atom. The molecular formula is C16H14BrClO2. The summed E-state index contributed by atoms with van der Waals surface area (Å²) >= 11 is 9.97. The summed E-state index contributed by atoms with van der Waals surface area (Å²) < 4.78 is 11.0. The summed E-state index contributed by atoms with van der Waals surface area (Å²) in [5, 5.41) is 0.747. The van der Waals surface area contributed by atoms with Crippen molar-refractivity contribution < 1.29 is 9.47 Å². The Hall–Kier alpha value is -1.19. The van der Waals surface area contributed by atoms with Crippen LogP contribution in [0.25, 0.3) is 0 Å². The number of benzene rings is 2. The van der Waals surface area contributed by atoms with Gasteiger partial charge in [-0.1, -0.05) is 39.7 Å². The highest BCUT2D eigenvalue weighted by atomic mass is 79.9. The van der Waals surface area contributed by atoms with E-state index in [1.54, 1.807) is 7.11 Å². The van der Waals surface area contributed by atoms with E-state index in [2.05, 4.69) is 22.0 Å². The van der Waals surface area contributed by atoms with Crippen LogP contribution in [0, 0.1) is 0 Å². The lowest BCUT2D eigenvalue weighted by Crippen LogP contribution is -1.97. The minimum absolute atomic E-state index is 0.0307. The Morgan fingerprint density at radius 1 is 1.30 bits per heavy atom. The third-order valence-corrected chi connectivity index (χ3v) is 4.68. The smallest absolute Gasteiger partial charge is 0.127 e. The number of hydrogen-bond donors (Lipinski definition) is 0. The molecule has 3 rings (SSSR count). The number of ether oxygens (including phenoxy) is 2. The van der Waals surface area contributed by atoms with Gasteiger partial charge >= 0.3 is 0 Å². The molecule has 1 atom stereocenters. The second-order valence-electron chi connectivity index (χ2n) is 4.72. The van der Waals surface area contributed by atoms with Gasteiger partial charge in [0.05, 0.1) is 18.5 Å². The summed E-state index contributed by atoms with van der Waals surface area (Å²) in [5.41, 5.74) is 3.36. The summed E-state index contributed by atoms with van der Waals surface area (Å²) in [4.78, 5) is 0.0307. The van der Waals surface area contributed by atoms with E-state index >= 15 is 0 Å². The van der Waals surface area contributed by atoms with Crippen molar-refractivity contribution in [3.8, 4) is 11.5 Å². The predicted molar refractivity (Wildman–Crippen MR) is 84.4 cm³/mol. The van der Waals surface area contributed by atoms with E-state index in [9.17, 15) is 0 Å². The van der Waals surface area contributed by atoms with Crippen LogP contribution in [0.5, 0.6) is 11.5 Å². The van der Waals surface area contributed by atoms with Crippen LogP contribution < -0.4 is 9.47 Å². The molecule has 0 saturated heterocycles. The monoisotopic (exact) mass is 352 g/mol. The highest BCUT2D eigenvalue weighted by Crippen LogP contribution is 2.42. The van der Waals surface area contributed by atoms with Gasteiger partial charge in [-0.3, -0.25) is 0 Å². The molecule has 1 aliphatic heterocycles. The molecule has 1 unspecified atom stereocenters.